The summed E-state index contributed by atoms with van der Waals surface area (Å²) in [6.07, 6.45) is -4.40. The van der Waals surface area contributed by atoms with Gasteiger partial charge in [0.15, 0.2) is 0 Å². The van der Waals surface area contributed by atoms with Crippen LogP contribution in [0.15, 0.2) is 60.7 Å². The van der Waals surface area contributed by atoms with Crippen LogP contribution in [0.2, 0.25) is 0 Å². The van der Waals surface area contributed by atoms with Crippen LogP contribution in [0.1, 0.15) is 16.8 Å². The number of benzene rings is 2. The van der Waals surface area contributed by atoms with Gasteiger partial charge in [0, 0.05) is 31.0 Å². The molecule has 1 heterocycles. The lowest BCUT2D eigenvalue weighted by Gasteiger charge is -2.19. The molecule has 3 rings (SSSR count). The fourth-order valence-corrected chi connectivity index (χ4v) is 2.64. The number of anilines is 3. The number of hydrogen-bond acceptors (Lipinski definition) is 4. The van der Waals surface area contributed by atoms with Crippen molar-refractivity contribution in [2.45, 2.75) is 19.6 Å². The summed E-state index contributed by atoms with van der Waals surface area (Å²) >= 11 is 0. The highest BCUT2D eigenvalue weighted by atomic mass is 19.4. The Kier molecular flexibility index (Phi) is 5.30. The van der Waals surface area contributed by atoms with E-state index in [0.717, 1.165) is 23.4 Å². The molecular formula is C20H19F3N4. The van der Waals surface area contributed by atoms with E-state index in [1.807, 2.05) is 55.3 Å². The predicted molar refractivity (Wildman–Crippen MR) is 100 cm³/mol. The molecule has 1 N–H and O–H groups in total. The van der Waals surface area contributed by atoms with Crippen molar-refractivity contribution in [2.75, 3.05) is 17.3 Å². The summed E-state index contributed by atoms with van der Waals surface area (Å²) in [6.45, 7) is 2.47. The second kappa shape index (κ2) is 7.65. The Hall–Kier alpha value is -3.09. The van der Waals surface area contributed by atoms with Crippen LogP contribution in [-0.4, -0.2) is 17.0 Å². The van der Waals surface area contributed by atoms with Gasteiger partial charge in [0.25, 0.3) is 0 Å². The van der Waals surface area contributed by atoms with Crippen LogP contribution in [0.5, 0.6) is 0 Å². The average molecular weight is 372 g/mol. The van der Waals surface area contributed by atoms with Gasteiger partial charge >= 0.3 is 6.18 Å². The van der Waals surface area contributed by atoms with Crippen LogP contribution < -0.4 is 10.2 Å². The Labute approximate surface area is 155 Å². The lowest BCUT2D eigenvalue weighted by molar-refractivity contribution is -0.137. The Balaban J connectivity index is 1.81. The van der Waals surface area contributed by atoms with Crippen molar-refractivity contribution in [1.29, 1.82) is 0 Å². The zero-order valence-corrected chi connectivity index (χ0v) is 15.0. The van der Waals surface area contributed by atoms with Crippen molar-refractivity contribution in [2.24, 2.45) is 0 Å². The Morgan fingerprint density at radius 3 is 2.41 bits per heavy atom. The minimum atomic E-state index is -4.40. The molecule has 2 aromatic carbocycles. The second-order valence-electron chi connectivity index (χ2n) is 6.24. The Morgan fingerprint density at radius 1 is 0.963 bits per heavy atom. The summed E-state index contributed by atoms with van der Waals surface area (Å²) in [4.78, 5) is 10.7. The SMILES string of the molecule is Cc1cc(N(C)Cc2ccccc2)nc(Nc2cccc(C(F)(F)F)c2)n1. The number of aromatic nitrogens is 2. The number of nitrogens with one attached hydrogen (secondary N) is 1. The van der Waals surface area contributed by atoms with Crippen molar-refractivity contribution < 1.29 is 13.2 Å². The maximum absolute atomic E-state index is 12.9. The summed E-state index contributed by atoms with van der Waals surface area (Å²) < 4.78 is 38.6. The lowest BCUT2D eigenvalue weighted by atomic mass is 10.2. The normalized spacial score (nSPS) is 11.3. The molecule has 140 valence electrons. The predicted octanol–water partition coefficient (Wildman–Crippen LogP) is 5.18. The molecule has 0 fully saturated rings. The van der Waals surface area contributed by atoms with E-state index in [9.17, 15) is 13.2 Å². The molecule has 0 aliphatic heterocycles. The smallest absolute Gasteiger partial charge is 0.355 e. The van der Waals surface area contributed by atoms with Gasteiger partial charge in [-0.25, -0.2) is 4.98 Å². The van der Waals surface area contributed by atoms with Gasteiger partial charge in [0.2, 0.25) is 5.95 Å². The molecule has 3 aromatic rings. The van der Waals surface area contributed by atoms with Crippen molar-refractivity contribution in [3.8, 4) is 0 Å². The molecule has 7 heteroatoms. The Morgan fingerprint density at radius 2 is 1.70 bits per heavy atom. The summed E-state index contributed by atoms with van der Waals surface area (Å²) in [5.41, 5.74) is 1.41. The molecule has 0 saturated heterocycles. The van der Waals surface area contributed by atoms with E-state index in [1.54, 1.807) is 6.07 Å². The lowest BCUT2D eigenvalue weighted by Crippen LogP contribution is -2.18. The molecule has 0 radical (unpaired) electrons. The number of hydrogen-bond donors (Lipinski definition) is 1. The third-order valence-electron chi connectivity index (χ3n) is 3.94. The van der Waals surface area contributed by atoms with Gasteiger partial charge in [0.05, 0.1) is 5.56 Å². The zero-order valence-electron chi connectivity index (χ0n) is 15.0. The maximum atomic E-state index is 12.9. The first-order valence-corrected chi connectivity index (χ1v) is 8.36. The van der Waals surface area contributed by atoms with E-state index in [2.05, 4.69) is 15.3 Å². The first kappa shape index (κ1) is 18.7. The van der Waals surface area contributed by atoms with Gasteiger partial charge in [-0.1, -0.05) is 36.4 Å². The third-order valence-corrected chi connectivity index (χ3v) is 3.94. The van der Waals surface area contributed by atoms with E-state index in [4.69, 9.17) is 0 Å². The molecular weight excluding hydrogens is 353 g/mol. The highest BCUT2D eigenvalue weighted by Crippen LogP contribution is 2.31. The highest BCUT2D eigenvalue weighted by Gasteiger charge is 2.30. The first-order valence-electron chi connectivity index (χ1n) is 8.36. The van der Waals surface area contributed by atoms with Crippen LogP contribution in [-0.2, 0) is 12.7 Å². The zero-order chi connectivity index (χ0) is 19.4. The molecule has 0 spiro atoms. The van der Waals surface area contributed by atoms with Crippen molar-refractivity contribution in [1.82, 2.24) is 9.97 Å². The number of nitrogens with zero attached hydrogens (tertiary/aromatic N) is 3. The van der Waals surface area contributed by atoms with Gasteiger partial charge in [-0.15, -0.1) is 0 Å². The minimum absolute atomic E-state index is 0.254. The topological polar surface area (TPSA) is 41.1 Å². The van der Waals surface area contributed by atoms with Gasteiger partial charge in [-0.2, -0.15) is 18.2 Å². The molecule has 0 amide bonds. The first-order chi connectivity index (χ1) is 12.8. The fraction of sp³-hybridized carbons (Fsp3) is 0.200. The molecule has 1 aromatic heterocycles. The standard InChI is InChI=1S/C20H19F3N4/c1-14-11-18(27(2)13-15-7-4-3-5-8-15)26-19(24-14)25-17-10-6-9-16(12-17)20(21,22)23/h3-12H,13H2,1-2H3,(H,24,25,26). The van der Waals surface area contributed by atoms with Crippen LogP contribution in [0, 0.1) is 6.92 Å². The van der Waals surface area contributed by atoms with Crippen LogP contribution in [0.3, 0.4) is 0 Å². The molecule has 4 nitrogen and oxygen atoms in total. The van der Waals surface area contributed by atoms with E-state index in [1.165, 1.54) is 6.07 Å². The van der Waals surface area contributed by atoms with E-state index < -0.39 is 11.7 Å². The molecule has 0 unspecified atom stereocenters. The number of halogens is 3. The van der Waals surface area contributed by atoms with Crippen LogP contribution in [0.4, 0.5) is 30.6 Å². The maximum Gasteiger partial charge on any atom is 0.416 e. The molecule has 0 aliphatic rings. The molecule has 0 atom stereocenters. The highest BCUT2D eigenvalue weighted by molar-refractivity contribution is 5.57. The summed E-state index contributed by atoms with van der Waals surface area (Å²) in [5, 5.41) is 2.87. The van der Waals surface area contributed by atoms with Gasteiger partial charge in [-0.3, -0.25) is 0 Å². The minimum Gasteiger partial charge on any atom is -0.355 e. The monoisotopic (exact) mass is 372 g/mol. The number of aryl methyl sites for hydroxylation is 1. The largest absolute Gasteiger partial charge is 0.416 e. The average Bonchev–Trinajstić information content (AvgIpc) is 2.61. The van der Waals surface area contributed by atoms with Crippen molar-refractivity contribution in [3.05, 3.63) is 77.5 Å². The fourth-order valence-electron chi connectivity index (χ4n) is 2.64. The molecule has 0 saturated carbocycles. The number of rotatable bonds is 5. The van der Waals surface area contributed by atoms with Crippen LogP contribution >= 0.6 is 0 Å². The summed E-state index contributed by atoms with van der Waals surface area (Å²) in [6, 6.07) is 16.7. The van der Waals surface area contributed by atoms with E-state index in [-0.39, 0.29) is 11.6 Å². The van der Waals surface area contributed by atoms with Crippen molar-refractivity contribution in [3.63, 3.8) is 0 Å². The summed E-state index contributed by atoms with van der Waals surface area (Å²) in [5.74, 6) is 0.935. The third kappa shape index (κ3) is 4.97. The molecule has 0 aliphatic carbocycles. The summed E-state index contributed by atoms with van der Waals surface area (Å²) in [7, 11) is 1.91. The van der Waals surface area contributed by atoms with Gasteiger partial charge in [0.1, 0.15) is 5.82 Å². The van der Waals surface area contributed by atoms with E-state index >= 15 is 0 Å². The Bertz CT molecular complexity index is 911. The second-order valence-corrected chi connectivity index (χ2v) is 6.24. The van der Waals surface area contributed by atoms with Gasteiger partial charge < -0.3 is 10.2 Å². The molecule has 27 heavy (non-hydrogen) atoms. The van der Waals surface area contributed by atoms with Crippen LogP contribution in [0.25, 0.3) is 0 Å². The van der Waals surface area contributed by atoms with Crippen molar-refractivity contribution >= 4 is 17.5 Å². The quantitative estimate of drug-likeness (QED) is 0.670. The van der Waals surface area contributed by atoms with E-state index in [0.29, 0.717) is 12.4 Å². The van der Waals surface area contributed by atoms with Gasteiger partial charge in [-0.05, 0) is 30.7 Å². The number of alkyl halides is 3. The molecule has 0 bridgehead atoms.